The van der Waals surface area contributed by atoms with Crippen LogP contribution >= 0.6 is 15.9 Å². The molecule has 18 heavy (non-hydrogen) atoms. The molecule has 1 N–H and O–H groups in total. The first-order chi connectivity index (χ1) is 8.43. The fraction of sp³-hybridized carbons (Fsp3) is 0.462. The predicted molar refractivity (Wildman–Crippen MR) is 69.8 cm³/mol. The molecule has 1 aromatic carbocycles. The maximum absolute atomic E-state index is 13.2. The minimum absolute atomic E-state index is 0.301. The number of nitrogens with zero attached hydrogens (tertiary/aromatic N) is 1. The van der Waals surface area contributed by atoms with Crippen LogP contribution in [0.25, 0.3) is 0 Å². The second-order valence-electron chi connectivity index (χ2n) is 4.84. The van der Waals surface area contributed by atoms with Crippen LogP contribution in [0.3, 0.4) is 0 Å². The maximum atomic E-state index is 13.2. The Morgan fingerprint density at radius 2 is 2.33 bits per heavy atom. The lowest BCUT2D eigenvalue weighted by Crippen LogP contribution is -2.47. The van der Waals surface area contributed by atoms with Gasteiger partial charge in [-0.05, 0) is 50.1 Å². The first-order valence-electron chi connectivity index (χ1n) is 5.86. The van der Waals surface area contributed by atoms with E-state index in [4.69, 9.17) is 0 Å². The molecule has 0 aromatic heterocycles. The van der Waals surface area contributed by atoms with Crippen LogP contribution in [-0.4, -0.2) is 28.1 Å². The summed E-state index contributed by atoms with van der Waals surface area (Å²) < 4.78 is 14.0. The molecule has 1 aliphatic rings. The van der Waals surface area contributed by atoms with Crippen LogP contribution < -0.4 is 0 Å². The summed E-state index contributed by atoms with van der Waals surface area (Å²) in [5, 5.41) is 9.32. The van der Waals surface area contributed by atoms with Crippen molar-refractivity contribution >= 4 is 21.9 Å². The molecule has 0 amide bonds. The third-order valence-corrected chi connectivity index (χ3v) is 4.39. The fourth-order valence-electron chi connectivity index (χ4n) is 2.38. The highest BCUT2D eigenvalue weighted by atomic mass is 79.9. The smallest absolute Gasteiger partial charge is 0.323 e. The zero-order chi connectivity index (χ0) is 13.3. The summed E-state index contributed by atoms with van der Waals surface area (Å²) in [6, 6.07) is 4.48. The molecule has 0 aliphatic carbocycles. The van der Waals surface area contributed by atoms with E-state index in [0.29, 0.717) is 13.0 Å². The SMILES string of the molecule is CC1(C(=O)O)CCCN1Cc1cc(F)ccc1Br. The number of carboxylic acid groups (broad SMARTS) is 1. The van der Waals surface area contributed by atoms with Gasteiger partial charge in [-0.25, -0.2) is 4.39 Å². The molecule has 1 aromatic rings. The zero-order valence-corrected chi connectivity index (χ0v) is 11.7. The Morgan fingerprint density at radius 1 is 1.61 bits per heavy atom. The van der Waals surface area contributed by atoms with Gasteiger partial charge in [0.2, 0.25) is 0 Å². The van der Waals surface area contributed by atoms with Gasteiger partial charge in [0.05, 0.1) is 0 Å². The highest BCUT2D eigenvalue weighted by molar-refractivity contribution is 9.10. The van der Waals surface area contributed by atoms with Crippen LogP contribution in [0.5, 0.6) is 0 Å². The van der Waals surface area contributed by atoms with Crippen molar-refractivity contribution in [1.82, 2.24) is 4.90 Å². The average molecular weight is 316 g/mol. The maximum Gasteiger partial charge on any atom is 0.323 e. The van der Waals surface area contributed by atoms with Crippen LogP contribution in [0, 0.1) is 5.82 Å². The average Bonchev–Trinajstić information content (AvgIpc) is 2.67. The molecule has 5 heteroatoms. The lowest BCUT2D eigenvalue weighted by Gasteiger charge is -2.31. The van der Waals surface area contributed by atoms with Gasteiger partial charge in [0, 0.05) is 11.0 Å². The van der Waals surface area contributed by atoms with Crippen molar-refractivity contribution in [3.8, 4) is 0 Å². The number of benzene rings is 1. The number of rotatable bonds is 3. The second-order valence-corrected chi connectivity index (χ2v) is 5.69. The van der Waals surface area contributed by atoms with Crippen molar-refractivity contribution < 1.29 is 14.3 Å². The van der Waals surface area contributed by atoms with Crippen LogP contribution in [0.15, 0.2) is 22.7 Å². The topological polar surface area (TPSA) is 40.5 Å². The van der Waals surface area contributed by atoms with Crippen LogP contribution in [0.2, 0.25) is 0 Å². The van der Waals surface area contributed by atoms with Gasteiger partial charge in [-0.1, -0.05) is 15.9 Å². The van der Waals surface area contributed by atoms with E-state index in [1.165, 1.54) is 12.1 Å². The third kappa shape index (κ3) is 2.42. The van der Waals surface area contributed by atoms with Crippen molar-refractivity contribution in [2.75, 3.05) is 6.54 Å². The first kappa shape index (κ1) is 13.5. The van der Waals surface area contributed by atoms with Crippen molar-refractivity contribution in [1.29, 1.82) is 0 Å². The van der Waals surface area contributed by atoms with Gasteiger partial charge in [0.25, 0.3) is 0 Å². The molecular formula is C13H15BrFNO2. The molecule has 1 heterocycles. The molecule has 2 rings (SSSR count). The van der Waals surface area contributed by atoms with E-state index in [1.807, 2.05) is 4.90 Å². The Hall–Kier alpha value is -0.940. The highest BCUT2D eigenvalue weighted by Crippen LogP contribution is 2.32. The molecule has 0 radical (unpaired) electrons. The number of likely N-dealkylation sites (tertiary alicyclic amines) is 1. The van der Waals surface area contributed by atoms with Crippen molar-refractivity contribution in [3.05, 3.63) is 34.1 Å². The summed E-state index contributed by atoms with van der Waals surface area (Å²) in [5.74, 6) is -1.11. The lowest BCUT2D eigenvalue weighted by molar-refractivity contribution is -0.148. The van der Waals surface area contributed by atoms with E-state index in [9.17, 15) is 14.3 Å². The zero-order valence-electron chi connectivity index (χ0n) is 10.1. The Labute approximate surface area is 114 Å². The van der Waals surface area contributed by atoms with Crippen LogP contribution in [0.1, 0.15) is 25.3 Å². The Morgan fingerprint density at radius 3 is 3.00 bits per heavy atom. The Kier molecular flexibility index (Phi) is 3.73. The molecule has 1 saturated heterocycles. The Balaban J connectivity index is 2.23. The van der Waals surface area contributed by atoms with Gasteiger partial charge in [-0.15, -0.1) is 0 Å². The second kappa shape index (κ2) is 4.97. The summed E-state index contributed by atoms with van der Waals surface area (Å²) >= 11 is 3.37. The van der Waals surface area contributed by atoms with E-state index >= 15 is 0 Å². The number of hydrogen-bond acceptors (Lipinski definition) is 2. The van der Waals surface area contributed by atoms with E-state index < -0.39 is 11.5 Å². The largest absolute Gasteiger partial charge is 0.480 e. The molecule has 1 aliphatic heterocycles. The predicted octanol–water partition coefficient (Wildman–Crippen LogP) is 3.03. The van der Waals surface area contributed by atoms with Crippen LogP contribution in [0.4, 0.5) is 4.39 Å². The lowest BCUT2D eigenvalue weighted by atomic mass is 9.99. The number of hydrogen-bond donors (Lipinski definition) is 1. The molecule has 3 nitrogen and oxygen atoms in total. The summed E-state index contributed by atoms with van der Waals surface area (Å²) in [6.45, 7) is 2.91. The standard InChI is InChI=1S/C13H15BrFNO2/c1-13(12(17)18)5-2-6-16(13)8-9-7-10(15)3-4-11(9)14/h3-4,7H,2,5-6,8H2,1H3,(H,17,18). The Bertz CT molecular complexity index is 480. The quantitative estimate of drug-likeness (QED) is 0.932. The summed E-state index contributed by atoms with van der Waals surface area (Å²) in [4.78, 5) is 13.2. The van der Waals surface area contributed by atoms with Gasteiger partial charge in [-0.2, -0.15) is 0 Å². The fourth-order valence-corrected chi connectivity index (χ4v) is 2.76. The normalized spacial score (nSPS) is 24.4. The van der Waals surface area contributed by atoms with E-state index in [2.05, 4.69) is 15.9 Å². The molecule has 1 fully saturated rings. The van der Waals surface area contributed by atoms with Crippen LogP contribution in [-0.2, 0) is 11.3 Å². The number of halogens is 2. The summed E-state index contributed by atoms with van der Waals surface area (Å²) in [6.07, 6.45) is 1.49. The number of carbonyl (C=O) groups is 1. The van der Waals surface area contributed by atoms with Crippen molar-refractivity contribution in [2.45, 2.75) is 31.8 Å². The van der Waals surface area contributed by atoms with Gasteiger partial charge >= 0.3 is 5.97 Å². The minimum atomic E-state index is -0.842. The van der Waals surface area contributed by atoms with Gasteiger partial charge in [0.15, 0.2) is 0 Å². The molecule has 0 saturated carbocycles. The highest BCUT2D eigenvalue weighted by Gasteiger charge is 2.43. The summed E-state index contributed by atoms with van der Waals surface area (Å²) in [5.41, 5.74) is -0.0597. The number of carboxylic acids is 1. The number of aliphatic carboxylic acids is 1. The molecule has 0 bridgehead atoms. The molecule has 98 valence electrons. The molecule has 1 unspecified atom stereocenters. The van der Waals surface area contributed by atoms with Crippen molar-refractivity contribution in [3.63, 3.8) is 0 Å². The van der Waals surface area contributed by atoms with Gasteiger partial charge < -0.3 is 5.11 Å². The first-order valence-corrected chi connectivity index (χ1v) is 6.65. The third-order valence-electron chi connectivity index (χ3n) is 3.62. The molecular weight excluding hydrogens is 301 g/mol. The minimum Gasteiger partial charge on any atom is -0.480 e. The van der Waals surface area contributed by atoms with Gasteiger partial charge in [0.1, 0.15) is 11.4 Å². The van der Waals surface area contributed by atoms with E-state index in [0.717, 1.165) is 23.0 Å². The van der Waals surface area contributed by atoms with Gasteiger partial charge in [-0.3, -0.25) is 9.69 Å². The monoisotopic (exact) mass is 315 g/mol. The molecule has 0 spiro atoms. The van der Waals surface area contributed by atoms with E-state index in [1.54, 1.807) is 13.0 Å². The van der Waals surface area contributed by atoms with Crippen molar-refractivity contribution in [2.24, 2.45) is 0 Å². The van der Waals surface area contributed by atoms with E-state index in [-0.39, 0.29) is 5.82 Å². The molecule has 1 atom stereocenters. The summed E-state index contributed by atoms with van der Waals surface area (Å²) in [7, 11) is 0.